The molecule has 4 aliphatic rings. The van der Waals surface area contributed by atoms with Gasteiger partial charge in [0.1, 0.15) is 0 Å². The highest BCUT2D eigenvalue weighted by Crippen LogP contribution is 2.62. The first-order valence-corrected chi connectivity index (χ1v) is 14.8. The molecule has 4 fully saturated rings. The summed E-state index contributed by atoms with van der Waals surface area (Å²) >= 11 is 0. The van der Waals surface area contributed by atoms with Gasteiger partial charge in [-0.1, -0.05) is 33.6 Å². The van der Waals surface area contributed by atoms with Crippen LogP contribution < -0.4 is 5.32 Å². The van der Waals surface area contributed by atoms with E-state index >= 15 is 0 Å². The first-order valence-electron chi connectivity index (χ1n) is 13.4. The van der Waals surface area contributed by atoms with Crippen molar-refractivity contribution >= 4 is 15.9 Å². The predicted octanol–water partition coefficient (Wildman–Crippen LogP) is 5.59. The molecule has 5 rings (SSSR count). The normalized spacial score (nSPS) is 35.2. The fraction of sp³-hybridized carbons (Fsp3) is 0.750. The van der Waals surface area contributed by atoms with Crippen LogP contribution in [0.1, 0.15) is 100 Å². The molecule has 5 atom stereocenters. The van der Waals surface area contributed by atoms with E-state index in [1.54, 1.807) is 10.4 Å². The number of aryl methyl sites for hydroxylation is 1. The van der Waals surface area contributed by atoms with Gasteiger partial charge in [-0.05, 0) is 105 Å². The number of carbonyl (C=O) groups is 1. The van der Waals surface area contributed by atoms with Crippen molar-refractivity contribution in [1.29, 1.82) is 0 Å². The molecule has 1 saturated heterocycles. The standard InChI is InChI=1S/C28H42N2O3S/c1-18-15-21(25(31)29-26-27(3,4)22-12-13-28(26,5)17-22)16-24(19(18)2)34(32,33)30-14-8-10-20-9-6-7-11-23(20)30/h15-16,20,22-23,26H,6-14,17H2,1-5H3,(H,29,31)/t20?,22-,23?,26+,28?/m0/s1. The molecule has 1 aromatic carbocycles. The van der Waals surface area contributed by atoms with Gasteiger partial charge in [0.05, 0.1) is 4.90 Å². The average Bonchev–Trinajstić information content (AvgIpc) is 3.28. The number of nitrogens with one attached hydrogen (secondary N) is 1. The van der Waals surface area contributed by atoms with E-state index in [4.69, 9.17) is 0 Å². The second-order valence-electron chi connectivity index (χ2n) is 12.6. The Morgan fingerprint density at radius 3 is 2.44 bits per heavy atom. The van der Waals surface area contributed by atoms with Crippen molar-refractivity contribution in [3.8, 4) is 0 Å². The van der Waals surface area contributed by atoms with Crippen molar-refractivity contribution in [2.45, 2.75) is 109 Å². The molecule has 1 aromatic rings. The summed E-state index contributed by atoms with van der Waals surface area (Å²) < 4.78 is 29.8. The monoisotopic (exact) mass is 486 g/mol. The Morgan fingerprint density at radius 2 is 1.74 bits per heavy atom. The Morgan fingerprint density at radius 1 is 1.03 bits per heavy atom. The third kappa shape index (κ3) is 3.75. The molecule has 0 radical (unpaired) electrons. The molecule has 34 heavy (non-hydrogen) atoms. The molecule has 3 unspecified atom stereocenters. The number of fused-ring (bicyclic) bond motifs is 3. The zero-order valence-corrected chi connectivity index (χ0v) is 22.4. The predicted molar refractivity (Wildman–Crippen MR) is 135 cm³/mol. The highest BCUT2D eigenvalue weighted by atomic mass is 32.2. The van der Waals surface area contributed by atoms with Crippen molar-refractivity contribution in [3.63, 3.8) is 0 Å². The van der Waals surface area contributed by atoms with Crippen LogP contribution >= 0.6 is 0 Å². The topological polar surface area (TPSA) is 66.5 Å². The van der Waals surface area contributed by atoms with Gasteiger partial charge in [-0.25, -0.2) is 8.42 Å². The second kappa shape index (κ2) is 8.33. The molecular weight excluding hydrogens is 444 g/mol. The van der Waals surface area contributed by atoms with Crippen LogP contribution in [0.3, 0.4) is 0 Å². The lowest BCUT2D eigenvalue weighted by molar-refractivity contribution is 0.0737. The molecule has 3 aliphatic carbocycles. The van der Waals surface area contributed by atoms with Crippen LogP contribution in [-0.4, -0.2) is 37.3 Å². The van der Waals surface area contributed by atoms with Crippen LogP contribution in [0, 0.1) is 36.5 Å². The van der Waals surface area contributed by atoms with Gasteiger partial charge >= 0.3 is 0 Å². The fourth-order valence-corrected chi connectivity index (χ4v) is 10.2. The Bertz CT molecular complexity index is 1090. The van der Waals surface area contributed by atoms with E-state index < -0.39 is 10.0 Å². The summed E-state index contributed by atoms with van der Waals surface area (Å²) in [6.45, 7) is 11.3. The molecular formula is C28H42N2O3S. The molecule has 1 amide bonds. The smallest absolute Gasteiger partial charge is 0.251 e. The lowest BCUT2D eigenvalue weighted by atomic mass is 9.68. The van der Waals surface area contributed by atoms with Gasteiger partial charge < -0.3 is 5.32 Å². The number of sulfonamides is 1. The molecule has 2 bridgehead atoms. The van der Waals surface area contributed by atoms with Crippen LogP contribution in [0.25, 0.3) is 0 Å². The van der Waals surface area contributed by atoms with E-state index in [0.29, 0.717) is 28.8 Å². The molecule has 0 spiro atoms. The molecule has 1 N–H and O–H groups in total. The Hall–Kier alpha value is -1.40. The molecule has 6 heteroatoms. The summed E-state index contributed by atoms with van der Waals surface area (Å²) in [5.41, 5.74) is 2.29. The van der Waals surface area contributed by atoms with Crippen LogP contribution in [0.15, 0.2) is 17.0 Å². The number of hydrogen-bond donors (Lipinski definition) is 1. The van der Waals surface area contributed by atoms with Gasteiger partial charge in [-0.3, -0.25) is 4.79 Å². The Labute approximate surface area is 206 Å². The van der Waals surface area contributed by atoms with Crippen molar-refractivity contribution < 1.29 is 13.2 Å². The highest BCUT2D eigenvalue weighted by molar-refractivity contribution is 7.89. The molecule has 5 nitrogen and oxygen atoms in total. The van der Waals surface area contributed by atoms with Crippen molar-refractivity contribution in [3.05, 3.63) is 28.8 Å². The van der Waals surface area contributed by atoms with Gasteiger partial charge in [0.25, 0.3) is 5.91 Å². The minimum atomic E-state index is -3.66. The fourth-order valence-electron chi connectivity index (χ4n) is 8.11. The Kier molecular flexibility index (Phi) is 5.95. The quantitative estimate of drug-likeness (QED) is 0.603. The van der Waals surface area contributed by atoms with Crippen molar-refractivity contribution in [1.82, 2.24) is 9.62 Å². The third-order valence-corrected chi connectivity index (χ3v) is 12.3. The number of hydrogen-bond acceptors (Lipinski definition) is 3. The maximum atomic E-state index is 14.0. The van der Waals surface area contributed by atoms with Gasteiger partial charge in [0.2, 0.25) is 10.0 Å². The molecule has 1 heterocycles. The Balaban J connectivity index is 1.46. The zero-order valence-electron chi connectivity index (χ0n) is 21.6. The molecule has 3 saturated carbocycles. The van der Waals surface area contributed by atoms with Crippen LogP contribution in [0.5, 0.6) is 0 Å². The highest BCUT2D eigenvalue weighted by Gasteiger charge is 2.59. The van der Waals surface area contributed by atoms with E-state index in [9.17, 15) is 13.2 Å². The van der Waals surface area contributed by atoms with E-state index in [1.807, 2.05) is 19.9 Å². The largest absolute Gasteiger partial charge is 0.348 e. The minimum absolute atomic E-state index is 0.0567. The number of rotatable bonds is 4. The SMILES string of the molecule is Cc1cc(C(=O)N[C@H]2C3(C)CC[C@@H](C3)C2(C)C)cc(S(=O)(=O)N2CCCC3CCCCC32)c1C. The first kappa shape index (κ1) is 24.3. The van der Waals surface area contributed by atoms with Gasteiger partial charge in [0, 0.05) is 24.2 Å². The summed E-state index contributed by atoms with van der Waals surface area (Å²) in [7, 11) is -3.66. The minimum Gasteiger partial charge on any atom is -0.348 e. The van der Waals surface area contributed by atoms with Crippen LogP contribution in [0.2, 0.25) is 0 Å². The molecule has 188 valence electrons. The lowest BCUT2D eigenvalue weighted by Crippen LogP contribution is -2.52. The van der Waals surface area contributed by atoms with Gasteiger partial charge in [0.15, 0.2) is 0 Å². The lowest BCUT2D eigenvalue weighted by Gasteiger charge is -2.43. The third-order valence-electron chi connectivity index (χ3n) is 10.2. The number of benzene rings is 1. The summed E-state index contributed by atoms with van der Waals surface area (Å²) in [4.78, 5) is 13.9. The van der Waals surface area contributed by atoms with Crippen molar-refractivity contribution in [2.24, 2.45) is 22.7 Å². The van der Waals surface area contributed by atoms with E-state index in [-0.39, 0.29) is 28.8 Å². The maximum Gasteiger partial charge on any atom is 0.251 e. The first-order chi connectivity index (χ1) is 15.9. The second-order valence-corrected chi connectivity index (χ2v) is 14.5. The number of nitrogens with zero attached hydrogens (tertiary/aromatic N) is 1. The van der Waals surface area contributed by atoms with Crippen LogP contribution in [0.4, 0.5) is 0 Å². The average molecular weight is 487 g/mol. The van der Waals surface area contributed by atoms with Crippen molar-refractivity contribution in [2.75, 3.05) is 6.54 Å². The van der Waals surface area contributed by atoms with E-state index in [2.05, 4.69) is 26.1 Å². The van der Waals surface area contributed by atoms with Gasteiger partial charge in [-0.2, -0.15) is 4.31 Å². The summed E-state index contributed by atoms with van der Waals surface area (Å²) in [6.07, 6.45) is 10.0. The maximum absolute atomic E-state index is 14.0. The van der Waals surface area contributed by atoms with Crippen LogP contribution in [-0.2, 0) is 10.0 Å². The molecule has 1 aliphatic heterocycles. The van der Waals surface area contributed by atoms with E-state index in [0.717, 1.165) is 56.1 Å². The summed E-state index contributed by atoms with van der Waals surface area (Å²) in [5.74, 6) is 0.979. The number of carbonyl (C=O) groups excluding carboxylic acids is 1. The summed E-state index contributed by atoms with van der Waals surface area (Å²) in [5, 5.41) is 3.36. The summed E-state index contributed by atoms with van der Waals surface area (Å²) in [6, 6.07) is 3.74. The molecule has 0 aromatic heterocycles. The van der Waals surface area contributed by atoms with E-state index in [1.165, 1.54) is 12.8 Å². The zero-order chi connectivity index (χ0) is 24.5. The van der Waals surface area contributed by atoms with Gasteiger partial charge in [-0.15, -0.1) is 0 Å². The number of amides is 1. The number of piperidine rings is 1.